The number of sulfonamides is 1. The fourth-order valence-corrected chi connectivity index (χ4v) is 3.25. The Morgan fingerprint density at radius 3 is 2.58 bits per heavy atom. The van der Waals surface area contributed by atoms with Crippen LogP contribution in [0.25, 0.3) is 0 Å². The Morgan fingerprint density at radius 1 is 1.32 bits per heavy atom. The number of benzene rings is 1. The lowest BCUT2D eigenvalue weighted by molar-refractivity contribution is 0.513. The van der Waals surface area contributed by atoms with E-state index in [0.29, 0.717) is 23.9 Å². The third kappa shape index (κ3) is 4.93. The Kier molecular flexibility index (Phi) is 5.97. The van der Waals surface area contributed by atoms with Gasteiger partial charge in [-0.2, -0.15) is 0 Å². The Bertz CT molecular complexity index is 512. The molecule has 5 heteroatoms. The summed E-state index contributed by atoms with van der Waals surface area (Å²) < 4.78 is 26.9. The molecule has 0 aromatic heterocycles. The van der Waals surface area contributed by atoms with E-state index in [9.17, 15) is 8.42 Å². The van der Waals surface area contributed by atoms with E-state index in [-0.39, 0.29) is 0 Å². The van der Waals surface area contributed by atoms with Crippen LogP contribution in [0.15, 0.2) is 23.1 Å². The maximum absolute atomic E-state index is 12.1. The van der Waals surface area contributed by atoms with E-state index in [1.807, 2.05) is 26.0 Å². The summed E-state index contributed by atoms with van der Waals surface area (Å²) in [4.78, 5) is 0.366. The fraction of sp³-hybridized carbons (Fsp3) is 0.571. The predicted octanol–water partition coefficient (Wildman–Crippen LogP) is 1.96. The summed E-state index contributed by atoms with van der Waals surface area (Å²) in [6.07, 6.45) is 1.74. The summed E-state index contributed by atoms with van der Waals surface area (Å²) >= 11 is 0. The van der Waals surface area contributed by atoms with Crippen molar-refractivity contribution in [2.75, 3.05) is 13.1 Å². The van der Waals surface area contributed by atoms with Gasteiger partial charge in [-0.1, -0.05) is 24.6 Å². The van der Waals surface area contributed by atoms with E-state index < -0.39 is 10.0 Å². The van der Waals surface area contributed by atoms with Crippen LogP contribution in [0.5, 0.6) is 0 Å². The highest BCUT2D eigenvalue weighted by Gasteiger charge is 2.15. The molecule has 0 radical (unpaired) electrons. The maximum atomic E-state index is 12.1. The van der Waals surface area contributed by atoms with Gasteiger partial charge in [0.15, 0.2) is 0 Å². The minimum absolute atomic E-state index is 0.366. The van der Waals surface area contributed by atoms with Crippen molar-refractivity contribution in [1.82, 2.24) is 4.72 Å². The first-order valence-corrected chi connectivity index (χ1v) is 8.12. The SMILES string of the molecule is Cc1ccc(S(=O)(=O)NCCCC(C)CN)c(C)c1. The van der Waals surface area contributed by atoms with Crippen molar-refractivity contribution in [2.45, 2.75) is 38.5 Å². The molecule has 1 aromatic carbocycles. The van der Waals surface area contributed by atoms with Gasteiger partial charge in [0.2, 0.25) is 10.0 Å². The minimum Gasteiger partial charge on any atom is -0.330 e. The molecule has 0 saturated carbocycles. The second-order valence-electron chi connectivity index (χ2n) is 5.15. The first-order chi connectivity index (χ1) is 8.86. The van der Waals surface area contributed by atoms with Gasteiger partial charge >= 0.3 is 0 Å². The molecule has 0 aliphatic rings. The molecule has 0 bridgehead atoms. The van der Waals surface area contributed by atoms with Crippen molar-refractivity contribution >= 4 is 10.0 Å². The van der Waals surface area contributed by atoms with Crippen LogP contribution >= 0.6 is 0 Å². The van der Waals surface area contributed by atoms with E-state index in [4.69, 9.17) is 5.73 Å². The monoisotopic (exact) mass is 284 g/mol. The molecule has 0 amide bonds. The van der Waals surface area contributed by atoms with Crippen molar-refractivity contribution in [3.05, 3.63) is 29.3 Å². The summed E-state index contributed by atoms with van der Waals surface area (Å²) in [6.45, 7) is 6.94. The fourth-order valence-electron chi connectivity index (χ4n) is 1.95. The van der Waals surface area contributed by atoms with Crippen molar-refractivity contribution in [2.24, 2.45) is 11.7 Å². The lowest BCUT2D eigenvalue weighted by Crippen LogP contribution is -2.26. The summed E-state index contributed by atoms with van der Waals surface area (Å²) in [7, 11) is -3.39. The molecular formula is C14H24N2O2S. The minimum atomic E-state index is -3.39. The lowest BCUT2D eigenvalue weighted by atomic mass is 10.1. The largest absolute Gasteiger partial charge is 0.330 e. The van der Waals surface area contributed by atoms with Gasteiger partial charge in [0.05, 0.1) is 4.90 Å². The van der Waals surface area contributed by atoms with E-state index in [1.165, 1.54) is 0 Å². The normalized spacial score (nSPS) is 13.5. The average Bonchev–Trinajstić information content (AvgIpc) is 2.33. The highest BCUT2D eigenvalue weighted by molar-refractivity contribution is 7.89. The van der Waals surface area contributed by atoms with E-state index in [2.05, 4.69) is 11.6 Å². The standard InChI is InChI=1S/C14H24N2O2S/c1-11-6-7-14(13(3)9-11)19(17,18)16-8-4-5-12(2)10-15/h6-7,9,12,16H,4-5,8,10,15H2,1-3H3. The second kappa shape index (κ2) is 7.03. The second-order valence-corrected chi connectivity index (χ2v) is 6.89. The maximum Gasteiger partial charge on any atom is 0.240 e. The molecule has 108 valence electrons. The Hall–Kier alpha value is -0.910. The number of nitrogens with one attached hydrogen (secondary N) is 1. The van der Waals surface area contributed by atoms with Gasteiger partial charge in [-0.05, 0) is 50.8 Å². The van der Waals surface area contributed by atoms with Crippen LogP contribution in [-0.2, 0) is 10.0 Å². The zero-order valence-electron chi connectivity index (χ0n) is 11.9. The van der Waals surface area contributed by atoms with Crippen LogP contribution in [-0.4, -0.2) is 21.5 Å². The third-order valence-electron chi connectivity index (χ3n) is 3.19. The van der Waals surface area contributed by atoms with Gasteiger partial charge in [0.25, 0.3) is 0 Å². The third-order valence-corrected chi connectivity index (χ3v) is 4.81. The van der Waals surface area contributed by atoms with Gasteiger partial charge in [-0.15, -0.1) is 0 Å². The Labute approximate surface area is 116 Å². The van der Waals surface area contributed by atoms with Gasteiger partial charge in [0, 0.05) is 6.54 Å². The summed E-state index contributed by atoms with van der Waals surface area (Å²) in [5, 5.41) is 0. The van der Waals surface area contributed by atoms with E-state index in [0.717, 1.165) is 24.0 Å². The van der Waals surface area contributed by atoms with Crippen LogP contribution in [0.1, 0.15) is 30.9 Å². The number of hydrogen-bond donors (Lipinski definition) is 2. The van der Waals surface area contributed by atoms with Gasteiger partial charge < -0.3 is 5.73 Å². The number of hydrogen-bond acceptors (Lipinski definition) is 3. The van der Waals surface area contributed by atoms with Crippen LogP contribution in [0.3, 0.4) is 0 Å². The van der Waals surface area contributed by atoms with E-state index >= 15 is 0 Å². The zero-order chi connectivity index (χ0) is 14.5. The zero-order valence-corrected chi connectivity index (χ0v) is 12.8. The van der Waals surface area contributed by atoms with E-state index in [1.54, 1.807) is 6.07 Å². The van der Waals surface area contributed by atoms with Gasteiger partial charge in [0.1, 0.15) is 0 Å². The molecule has 0 fully saturated rings. The topological polar surface area (TPSA) is 72.2 Å². The summed E-state index contributed by atoms with van der Waals surface area (Å²) in [6, 6.07) is 5.36. The quantitative estimate of drug-likeness (QED) is 0.752. The van der Waals surface area contributed by atoms with Crippen molar-refractivity contribution in [3.63, 3.8) is 0 Å². The van der Waals surface area contributed by atoms with Crippen LogP contribution in [0.4, 0.5) is 0 Å². The molecule has 1 unspecified atom stereocenters. The number of aryl methyl sites for hydroxylation is 2. The molecule has 0 heterocycles. The van der Waals surface area contributed by atoms with Crippen molar-refractivity contribution < 1.29 is 8.42 Å². The first-order valence-electron chi connectivity index (χ1n) is 6.64. The summed E-state index contributed by atoms with van der Waals surface area (Å²) in [5.74, 6) is 0.436. The number of nitrogens with two attached hydrogens (primary N) is 1. The van der Waals surface area contributed by atoms with Crippen LogP contribution < -0.4 is 10.5 Å². The highest BCUT2D eigenvalue weighted by Crippen LogP contribution is 2.16. The molecule has 0 aliphatic heterocycles. The first kappa shape index (κ1) is 16.1. The molecule has 3 N–H and O–H groups in total. The molecule has 19 heavy (non-hydrogen) atoms. The Morgan fingerprint density at radius 2 is 2.00 bits per heavy atom. The van der Waals surface area contributed by atoms with Crippen molar-refractivity contribution in [3.8, 4) is 0 Å². The highest BCUT2D eigenvalue weighted by atomic mass is 32.2. The molecule has 1 rings (SSSR count). The molecule has 1 aromatic rings. The van der Waals surface area contributed by atoms with Gasteiger partial charge in [-0.3, -0.25) is 0 Å². The average molecular weight is 284 g/mol. The molecule has 4 nitrogen and oxygen atoms in total. The molecule has 0 aliphatic carbocycles. The Balaban J connectivity index is 2.61. The molecular weight excluding hydrogens is 260 g/mol. The molecule has 1 atom stereocenters. The lowest BCUT2D eigenvalue weighted by Gasteiger charge is -2.11. The molecule has 0 saturated heterocycles. The smallest absolute Gasteiger partial charge is 0.240 e. The predicted molar refractivity (Wildman–Crippen MR) is 78.6 cm³/mol. The van der Waals surface area contributed by atoms with Gasteiger partial charge in [-0.25, -0.2) is 13.1 Å². The van der Waals surface area contributed by atoms with Crippen LogP contribution in [0, 0.1) is 19.8 Å². The van der Waals surface area contributed by atoms with Crippen molar-refractivity contribution in [1.29, 1.82) is 0 Å². The molecule has 0 spiro atoms. The number of rotatable bonds is 7. The summed E-state index contributed by atoms with van der Waals surface area (Å²) in [5.41, 5.74) is 7.37. The van der Waals surface area contributed by atoms with Crippen LogP contribution in [0.2, 0.25) is 0 Å².